The van der Waals surface area contributed by atoms with Crippen molar-refractivity contribution in [3.05, 3.63) is 35.9 Å². The Balaban J connectivity index is 1.83. The number of esters is 1. The molecular formula is C14H15BrO3. The van der Waals surface area contributed by atoms with Crippen LogP contribution in [0.25, 0.3) is 0 Å². The summed E-state index contributed by atoms with van der Waals surface area (Å²) in [4.78, 5) is 23.0. The maximum absolute atomic E-state index is 11.9. The monoisotopic (exact) mass is 310 g/mol. The Labute approximate surface area is 115 Å². The number of hydrogen-bond donors (Lipinski definition) is 0. The fourth-order valence-electron chi connectivity index (χ4n) is 2.03. The number of hydrogen-bond acceptors (Lipinski definition) is 3. The molecule has 3 nitrogen and oxygen atoms in total. The molecule has 0 aromatic heterocycles. The van der Waals surface area contributed by atoms with Crippen molar-refractivity contribution < 1.29 is 14.3 Å². The highest BCUT2D eigenvalue weighted by molar-refractivity contribution is 9.10. The van der Waals surface area contributed by atoms with Gasteiger partial charge < -0.3 is 4.74 Å². The molecule has 0 N–H and O–H groups in total. The minimum Gasteiger partial charge on any atom is -0.461 e. The Bertz CT molecular complexity index is 430. The summed E-state index contributed by atoms with van der Waals surface area (Å²) in [6, 6.07) is 9.59. The predicted octanol–water partition coefficient (Wildman–Crippen LogP) is 2.86. The zero-order chi connectivity index (χ0) is 13.0. The van der Waals surface area contributed by atoms with Crippen molar-refractivity contribution in [3.8, 4) is 0 Å². The average molecular weight is 311 g/mol. The minimum absolute atomic E-state index is 0.157. The van der Waals surface area contributed by atoms with Crippen molar-refractivity contribution in [2.75, 3.05) is 0 Å². The predicted molar refractivity (Wildman–Crippen MR) is 71.3 cm³/mol. The molecule has 2 atom stereocenters. The lowest BCUT2D eigenvalue weighted by Gasteiger charge is -2.23. The molecule has 0 bridgehead atoms. The molecule has 1 saturated carbocycles. The average Bonchev–Trinajstić information content (AvgIpc) is 2.40. The third-order valence-corrected chi connectivity index (χ3v) is 4.02. The van der Waals surface area contributed by atoms with Gasteiger partial charge in [0, 0.05) is 6.42 Å². The van der Waals surface area contributed by atoms with Gasteiger partial charge in [-0.2, -0.15) is 0 Å². The van der Waals surface area contributed by atoms with Gasteiger partial charge in [-0.05, 0) is 18.4 Å². The van der Waals surface area contributed by atoms with E-state index in [4.69, 9.17) is 4.74 Å². The summed E-state index contributed by atoms with van der Waals surface area (Å²) in [6.07, 6.45) is 1.61. The van der Waals surface area contributed by atoms with Crippen molar-refractivity contribution >= 4 is 27.7 Å². The molecule has 1 aromatic rings. The second kappa shape index (κ2) is 6.14. The number of carbonyl (C=O) groups is 2. The van der Waals surface area contributed by atoms with Crippen molar-refractivity contribution in [2.45, 2.75) is 30.7 Å². The normalized spacial score (nSPS) is 23.7. The van der Waals surface area contributed by atoms with Gasteiger partial charge in [0.2, 0.25) is 0 Å². The lowest BCUT2D eigenvalue weighted by Crippen LogP contribution is -2.30. The molecule has 1 aromatic carbocycles. The third kappa shape index (κ3) is 3.42. The van der Waals surface area contributed by atoms with Crippen LogP contribution in [0.2, 0.25) is 0 Å². The van der Waals surface area contributed by atoms with Crippen LogP contribution < -0.4 is 0 Å². The van der Waals surface area contributed by atoms with Crippen LogP contribution in [0, 0.1) is 5.92 Å². The number of ether oxygens (including phenoxy) is 1. The van der Waals surface area contributed by atoms with Gasteiger partial charge in [-0.1, -0.05) is 46.3 Å². The molecule has 2 unspecified atom stereocenters. The van der Waals surface area contributed by atoms with Crippen LogP contribution in [-0.4, -0.2) is 16.6 Å². The quantitative estimate of drug-likeness (QED) is 0.637. The van der Waals surface area contributed by atoms with E-state index in [1.165, 1.54) is 0 Å². The van der Waals surface area contributed by atoms with Crippen LogP contribution in [0.5, 0.6) is 0 Å². The Morgan fingerprint density at radius 1 is 1.33 bits per heavy atom. The molecule has 0 saturated heterocycles. The molecule has 18 heavy (non-hydrogen) atoms. The number of halogens is 1. The second-order valence-electron chi connectivity index (χ2n) is 4.50. The fourth-order valence-corrected chi connectivity index (χ4v) is 2.71. The highest BCUT2D eigenvalue weighted by Gasteiger charge is 2.31. The van der Waals surface area contributed by atoms with E-state index < -0.39 is 0 Å². The zero-order valence-corrected chi connectivity index (χ0v) is 11.6. The molecule has 96 valence electrons. The van der Waals surface area contributed by atoms with E-state index in [1.54, 1.807) is 0 Å². The van der Waals surface area contributed by atoms with Crippen molar-refractivity contribution in [3.63, 3.8) is 0 Å². The smallest absolute Gasteiger partial charge is 0.309 e. The zero-order valence-electron chi connectivity index (χ0n) is 9.97. The largest absolute Gasteiger partial charge is 0.461 e. The standard InChI is InChI=1S/C14H15BrO3/c15-12-8-11(6-7-13(12)16)14(17)18-9-10-4-2-1-3-5-10/h1-5,11-12H,6-9H2. The highest BCUT2D eigenvalue weighted by Crippen LogP contribution is 2.27. The molecular weight excluding hydrogens is 296 g/mol. The SMILES string of the molecule is O=C1CCC(C(=O)OCc2ccccc2)CC1Br. The van der Waals surface area contributed by atoms with E-state index in [0.29, 0.717) is 25.9 Å². The highest BCUT2D eigenvalue weighted by atomic mass is 79.9. The topological polar surface area (TPSA) is 43.4 Å². The maximum atomic E-state index is 11.9. The van der Waals surface area contributed by atoms with Crippen LogP contribution in [-0.2, 0) is 20.9 Å². The van der Waals surface area contributed by atoms with Gasteiger partial charge in [-0.15, -0.1) is 0 Å². The van der Waals surface area contributed by atoms with Gasteiger partial charge in [-0.3, -0.25) is 9.59 Å². The summed E-state index contributed by atoms with van der Waals surface area (Å²) >= 11 is 3.30. The van der Waals surface area contributed by atoms with Crippen LogP contribution >= 0.6 is 15.9 Å². The Morgan fingerprint density at radius 2 is 2.06 bits per heavy atom. The molecule has 2 rings (SSSR count). The third-order valence-electron chi connectivity index (χ3n) is 3.14. The summed E-state index contributed by atoms with van der Waals surface area (Å²) < 4.78 is 5.28. The van der Waals surface area contributed by atoms with Gasteiger partial charge in [0.1, 0.15) is 12.4 Å². The van der Waals surface area contributed by atoms with Gasteiger partial charge in [-0.25, -0.2) is 0 Å². The van der Waals surface area contributed by atoms with E-state index in [9.17, 15) is 9.59 Å². The summed E-state index contributed by atoms with van der Waals surface area (Å²) in [5, 5.41) is 0. The van der Waals surface area contributed by atoms with Crippen LogP contribution in [0.15, 0.2) is 30.3 Å². The number of carbonyl (C=O) groups excluding carboxylic acids is 2. The van der Waals surface area contributed by atoms with Gasteiger partial charge in [0.25, 0.3) is 0 Å². The Kier molecular flexibility index (Phi) is 4.53. The molecule has 4 heteroatoms. The molecule has 1 fully saturated rings. The van der Waals surface area contributed by atoms with Crippen LogP contribution in [0.3, 0.4) is 0 Å². The molecule has 0 radical (unpaired) electrons. The number of benzene rings is 1. The summed E-state index contributed by atoms with van der Waals surface area (Å²) in [5.41, 5.74) is 0.980. The van der Waals surface area contributed by atoms with Crippen LogP contribution in [0.4, 0.5) is 0 Å². The lowest BCUT2D eigenvalue weighted by atomic mass is 9.88. The molecule has 0 amide bonds. The van der Waals surface area contributed by atoms with E-state index in [0.717, 1.165) is 5.56 Å². The van der Waals surface area contributed by atoms with Crippen molar-refractivity contribution in [1.29, 1.82) is 0 Å². The van der Waals surface area contributed by atoms with Gasteiger partial charge >= 0.3 is 5.97 Å². The number of rotatable bonds is 3. The Morgan fingerprint density at radius 3 is 2.72 bits per heavy atom. The van der Waals surface area contributed by atoms with E-state index in [1.807, 2.05) is 30.3 Å². The molecule has 0 aliphatic heterocycles. The van der Waals surface area contributed by atoms with Crippen molar-refractivity contribution in [2.24, 2.45) is 5.92 Å². The summed E-state index contributed by atoms with van der Waals surface area (Å²) in [7, 11) is 0. The first-order chi connectivity index (χ1) is 8.66. The summed E-state index contributed by atoms with van der Waals surface area (Å²) in [6.45, 7) is 0.303. The Hall–Kier alpha value is -1.16. The first-order valence-electron chi connectivity index (χ1n) is 6.04. The molecule has 1 aliphatic carbocycles. The van der Waals surface area contributed by atoms with Gasteiger partial charge in [0.05, 0.1) is 10.7 Å². The number of ketones is 1. The number of alkyl halides is 1. The molecule has 0 spiro atoms. The van der Waals surface area contributed by atoms with E-state index in [2.05, 4.69) is 15.9 Å². The maximum Gasteiger partial charge on any atom is 0.309 e. The van der Waals surface area contributed by atoms with Crippen LogP contribution in [0.1, 0.15) is 24.8 Å². The first-order valence-corrected chi connectivity index (χ1v) is 6.95. The fraction of sp³-hybridized carbons (Fsp3) is 0.429. The minimum atomic E-state index is -0.198. The van der Waals surface area contributed by atoms with Crippen molar-refractivity contribution in [1.82, 2.24) is 0 Å². The van der Waals surface area contributed by atoms with Gasteiger partial charge in [0.15, 0.2) is 0 Å². The van der Waals surface area contributed by atoms with E-state index in [-0.39, 0.29) is 22.5 Å². The van der Waals surface area contributed by atoms with E-state index >= 15 is 0 Å². The molecule has 0 heterocycles. The lowest BCUT2D eigenvalue weighted by molar-refractivity contribution is -0.151. The second-order valence-corrected chi connectivity index (χ2v) is 5.60. The number of Topliss-reactive ketones (excluding diaryl/α,β-unsaturated/α-hetero) is 1. The molecule has 1 aliphatic rings. The summed E-state index contributed by atoms with van der Waals surface area (Å²) in [5.74, 6) is -0.173. The first kappa shape index (κ1) is 13.3.